The lowest BCUT2D eigenvalue weighted by molar-refractivity contribution is -0.142. The van der Waals surface area contributed by atoms with E-state index in [1.54, 1.807) is 44.2 Å². The number of unbranched alkanes of at least 4 members (excludes halogenated alkanes) is 1. The Kier molecular flexibility index (Phi) is 21.9. The molecule has 0 spiro atoms. The fourth-order valence-electron chi connectivity index (χ4n) is 5.16. The van der Waals surface area contributed by atoms with Gasteiger partial charge in [-0.25, -0.2) is 4.79 Å². The van der Waals surface area contributed by atoms with Crippen LogP contribution in [-0.4, -0.2) is 119 Å². The molecule has 21 nitrogen and oxygen atoms in total. The summed E-state index contributed by atoms with van der Waals surface area (Å²) in [5.41, 5.74) is 22.1. The van der Waals surface area contributed by atoms with Gasteiger partial charge in [-0.3, -0.25) is 38.4 Å². The molecule has 1 aromatic rings. The van der Waals surface area contributed by atoms with Crippen molar-refractivity contribution < 1.29 is 53.4 Å². The van der Waals surface area contributed by atoms with Crippen molar-refractivity contribution in [3.05, 3.63) is 35.9 Å². The van der Waals surface area contributed by atoms with Crippen molar-refractivity contribution in [2.45, 2.75) is 101 Å². The number of hydrogen-bond acceptors (Lipinski definition) is 12. The SMILES string of the molecule is CC[C@H](C)[C@H](NC(=O)[C@H](CCC(N)=O)NC(=O)[C@@H](N)CO)C(=O)N[C@@H](Cc1ccccc1)C(=O)NCC(=O)N[C@@H](CC(N)=O)C(=O)N[C@@H](CCCCN)C(=O)O. The Morgan fingerprint density at radius 1 is 0.714 bits per heavy atom. The molecule has 0 aliphatic rings. The third kappa shape index (κ3) is 18.1. The second kappa shape index (κ2) is 25.4. The lowest BCUT2D eigenvalue weighted by Crippen LogP contribution is -2.60. The molecular formula is C35H56N10O11. The van der Waals surface area contributed by atoms with Crippen molar-refractivity contribution >= 4 is 53.2 Å². The van der Waals surface area contributed by atoms with Crippen LogP contribution >= 0.6 is 0 Å². The van der Waals surface area contributed by atoms with Gasteiger partial charge in [-0.05, 0) is 43.7 Å². The number of carboxylic acids is 1. The predicted octanol–water partition coefficient (Wildman–Crippen LogP) is -4.51. The first-order valence-electron chi connectivity index (χ1n) is 18.1. The van der Waals surface area contributed by atoms with Crippen LogP contribution in [0, 0.1) is 5.92 Å². The summed E-state index contributed by atoms with van der Waals surface area (Å²) in [4.78, 5) is 114. The maximum Gasteiger partial charge on any atom is 0.326 e. The van der Waals surface area contributed by atoms with Crippen LogP contribution in [0.25, 0.3) is 0 Å². The number of rotatable bonds is 27. The molecule has 56 heavy (non-hydrogen) atoms. The van der Waals surface area contributed by atoms with E-state index >= 15 is 0 Å². The number of nitrogens with one attached hydrogen (secondary N) is 6. The molecule has 0 bridgehead atoms. The maximum atomic E-state index is 13.8. The zero-order valence-electron chi connectivity index (χ0n) is 31.6. The van der Waals surface area contributed by atoms with Crippen molar-refractivity contribution in [2.75, 3.05) is 19.7 Å². The van der Waals surface area contributed by atoms with Crippen LogP contribution in [0.4, 0.5) is 0 Å². The summed E-state index contributed by atoms with van der Waals surface area (Å²) in [6.45, 7) is 2.22. The molecule has 312 valence electrons. The first-order chi connectivity index (χ1) is 26.4. The topological polar surface area (TPSA) is 370 Å². The fourth-order valence-corrected chi connectivity index (χ4v) is 5.16. The van der Waals surface area contributed by atoms with Crippen LogP contribution in [0.2, 0.25) is 0 Å². The Balaban J connectivity index is 3.22. The molecule has 0 radical (unpaired) electrons. The molecule has 1 rings (SSSR count). The van der Waals surface area contributed by atoms with E-state index in [9.17, 15) is 53.4 Å². The minimum absolute atomic E-state index is 0.0352. The van der Waals surface area contributed by atoms with E-state index in [1.807, 2.05) is 0 Å². The van der Waals surface area contributed by atoms with Gasteiger partial charge in [-0.1, -0.05) is 50.6 Å². The maximum absolute atomic E-state index is 13.8. The molecule has 0 heterocycles. The van der Waals surface area contributed by atoms with E-state index < -0.39 is 115 Å². The summed E-state index contributed by atoms with van der Waals surface area (Å²) in [6, 6.07) is 0.217. The first-order valence-corrected chi connectivity index (χ1v) is 18.1. The van der Waals surface area contributed by atoms with Crippen LogP contribution < -0.4 is 54.8 Å². The lowest BCUT2D eigenvalue weighted by atomic mass is 9.96. The van der Waals surface area contributed by atoms with Gasteiger partial charge < -0.3 is 65.0 Å². The Morgan fingerprint density at radius 3 is 1.88 bits per heavy atom. The van der Waals surface area contributed by atoms with E-state index in [2.05, 4.69) is 31.9 Å². The largest absolute Gasteiger partial charge is 0.480 e. The van der Waals surface area contributed by atoms with Crippen LogP contribution in [0.1, 0.15) is 64.4 Å². The third-order valence-electron chi connectivity index (χ3n) is 8.60. The average Bonchev–Trinajstić information content (AvgIpc) is 3.15. The van der Waals surface area contributed by atoms with Gasteiger partial charge >= 0.3 is 5.97 Å². The summed E-state index contributed by atoms with van der Waals surface area (Å²) in [6.07, 6.45) is -0.0456. The minimum atomic E-state index is -1.58. The number of carboxylic acid groups (broad SMARTS) is 1. The molecule has 0 aliphatic heterocycles. The fraction of sp³-hybridized carbons (Fsp3) is 0.571. The first kappa shape index (κ1) is 48.3. The second-order valence-electron chi connectivity index (χ2n) is 13.2. The highest BCUT2D eigenvalue weighted by molar-refractivity contribution is 5.97. The van der Waals surface area contributed by atoms with E-state index in [1.165, 1.54) is 0 Å². The number of carbonyl (C=O) groups is 9. The molecule has 7 atom stereocenters. The quantitative estimate of drug-likeness (QED) is 0.0374. The molecule has 0 saturated heterocycles. The highest BCUT2D eigenvalue weighted by atomic mass is 16.4. The monoisotopic (exact) mass is 792 g/mol. The van der Waals surface area contributed by atoms with Gasteiger partial charge in [0, 0.05) is 12.8 Å². The number of primary amides is 2. The van der Waals surface area contributed by atoms with Gasteiger partial charge in [0.1, 0.15) is 36.3 Å². The number of nitrogens with two attached hydrogens (primary N) is 4. The van der Waals surface area contributed by atoms with Crippen molar-refractivity contribution in [1.82, 2.24) is 31.9 Å². The smallest absolute Gasteiger partial charge is 0.326 e. The van der Waals surface area contributed by atoms with Gasteiger partial charge in [0.25, 0.3) is 0 Å². The standard InChI is InChI=1S/C35H56N10O11/c1-3-19(2)29(45-32(52)22(12-13-26(38)47)42-30(50)21(37)18-46)34(54)44-24(15-20-9-5-4-6-10-20)31(51)40-17-28(49)41-25(16-27(39)48)33(53)43-23(35(55)56)11-7-8-14-36/h4-6,9-10,19,21-25,29,46H,3,7-8,11-18,36-37H2,1-2H3,(H2,38,47)(H2,39,48)(H,40,51)(H,41,49)(H,42,50)(H,43,53)(H,44,54)(H,45,52)(H,55,56)/t19-,21-,22-,23-,24-,25-,29-/m0/s1. The van der Waals surface area contributed by atoms with E-state index in [-0.39, 0.29) is 25.7 Å². The van der Waals surface area contributed by atoms with Crippen LogP contribution in [-0.2, 0) is 49.6 Å². The third-order valence-corrected chi connectivity index (χ3v) is 8.60. The number of aliphatic hydroxyl groups excluding tert-OH is 1. The second-order valence-corrected chi connectivity index (χ2v) is 13.2. The molecule has 16 N–H and O–H groups in total. The highest BCUT2D eigenvalue weighted by Crippen LogP contribution is 2.12. The van der Waals surface area contributed by atoms with Gasteiger partial charge in [0.05, 0.1) is 19.6 Å². The summed E-state index contributed by atoms with van der Waals surface area (Å²) in [5, 5.41) is 33.2. The predicted molar refractivity (Wildman–Crippen MR) is 200 cm³/mol. The molecule has 0 unspecified atom stereocenters. The van der Waals surface area contributed by atoms with Crippen molar-refractivity contribution in [3.63, 3.8) is 0 Å². The normalized spacial score (nSPS) is 14.6. The molecule has 1 aromatic carbocycles. The molecule has 0 aromatic heterocycles. The number of benzene rings is 1. The van der Waals surface area contributed by atoms with Gasteiger partial charge in [-0.15, -0.1) is 0 Å². The van der Waals surface area contributed by atoms with Crippen molar-refractivity contribution in [1.29, 1.82) is 0 Å². The van der Waals surface area contributed by atoms with E-state index in [4.69, 9.17) is 22.9 Å². The Bertz CT molecular complexity index is 1510. The molecular weight excluding hydrogens is 736 g/mol. The summed E-state index contributed by atoms with van der Waals surface area (Å²) >= 11 is 0. The number of aliphatic carboxylic acids is 1. The van der Waals surface area contributed by atoms with Gasteiger partial charge in [0.2, 0.25) is 47.3 Å². The van der Waals surface area contributed by atoms with E-state index in [0.717, 1.165) is 0 Å². The number of hydrogen-bond donors (Lipinski definition) is 12. The Labute approximate surface area is 324 Å². The molecule has 0 saturated carbocycles. The van der Waals surface area contributed by atoms with Gasteiger partial charge in [0.15, 0.2) is 0 Å². The molecule has 0 aliphatic carbocycles. The Hall–Kier alpha value is -5.67. The number of carbonyl (C=O) groups excluding carboxylic acids is 8. The van der Waals surface area contributed by atoms with Gasteiger partial charge in [-0.2, -0.15) is 0 Å². The van der Waals surface area contributed by atoms with Crippen LogP contribution in [0.3, 0.4) is 0 Å². The van der Waals surface area contributed by atoms with Crippen molar-refractivity contribution in [3.8, 4) is 0 Å². The number of amides is 8. The molecule has 0 fully saturated rings. The summed E-state index contributed by atoms with van der Waals surface area (Å²) in [5.74, 6) is -8.99. The molecule has 8 amide bonds. The minimum Gasteiger partial charge on any atom is -0.480 e. The van der Waals surface area contributed by atoms with Crippen LogP contribution in [0.15, 0.2) is 30.3 Å². The van der Waals surface area contributed by atoms with E-state index in [0.29, 0.717) is 31.4 Å². The average molecular weight is 793 g/mol. The Morgan fingerprint density at radius 2 is 1.32 bits per heavy atom. The summed E-state index contributed by atoms with van der Waals surface area (Å²) in [7, 11) is 0. The van der Waals surface area contributed by atoms with Crippen LogP contribution in [0.5, 0.6) is 0 Å². The highest BCUT2D eigenvalue weighted by Gasteiger charge is 2.34. The number of aliphatic hydroxyl groups is 1. The summed E-state index contributed by atoms with van der Waals surface area (Å²) < 4.78 is 0. The lowest BCUT2D eigenvalue weighted by Gasteiger charge is -2.28. The molecule has 21 heteroatoms. The van der Waals surface area contributed by atoms with Crippen molar-refractivity contribution in [2.24, 2.45) is 28.9 Å². The zero-order valence-corrected chi connectivity index (χ0v) is 31.6. The zero-order chi connectivity index (χ0) is 42.4.